The zero-order valence-corrected chi connectivity index (χ0v) is 21.3. The van der Waals surface area contributed by atoms with Gasteiger partial charge in [0.1, 0.15) is 11.2 Å². The minimum atomic E-state index is -0.480. The van der Waals surface area contributed by atoms with Gasteiger partial charge in [0, 0.05) is 51.3 Å². The van der Waals surface area contributed by atoms with Crippen molar-refractivity contribution >= 4 is 12.2 Å². The van der Waals surface area contributed by atoms with Crippen molar-refractivity contribution in [2.75, 3.05) is 46.4 Å². The maximum absolute atomic E-state index is 12.4. The van der Waals surface area contributed by atoms with E-state index in [2.05, 4.69) is 5.32 Å². The molecule has 2 rings (SSSR count). The maximum Gasteiger partial charge on any atom is 0.410 e. The molecule has 2 amide bonds. The number of methoxy groups -OCH3 is 1. The van der Waals surface area contributed by atoms with Crippen LogP contribution in [0.5, 0.6) is 0 Å². The van der Waals surface area contributed by atoms with Crippen molar-refractivity contribution in [3.8, 4) is 0 Å². The van der Waals surface area contributed by atoms with Crippen LogP contribution in [0, 0.1) is 5.41 Å². The highest BCUT2D eigenvalue weighted by Crippen LogP contribution is 2.32. The van der Waals surface area contributed by atoms with Crippen LogP contribution in [0.3, 0.4) is 0 Å². The van der Waals surface area contributed by atoms with E-state index >= 15 is 0 Å². The van der Waals surface area contributed by atoms with Gasteiger partial charge in [0.05, 0.1) is 6.61 Å². The smallest absolute Gasteiger partial charge is 0.410 e. The normalized spacial score (nSPS) is 22.3. The molecule has 0 aromatic carbocycles. The van der Waals surface area contributed by atoms with Crippen molar-refractivity contribution in [3.05, 3.63) is 0 Å². The number of piperidine rings is 1. The van der Waals surface area contributed by atoms with Crippen LogP contribution < -0.4 is 5.32 Å². The number of hydrogen-bond acceptors (Lipinski definition) is 6. The van der Waals surface area contributed by atoms with E-state index in [1.807, 2.05) is 51.3 Å². The Bertz CT molecular complexity index is 618. The molecule has 2 heterocycles. The molecule has 2 saturated heterocycles. The molecule has 32 heavy (non-hydrogen) atoms. The molecule has 1 atom stereocenters. The van der Waals surface area contributed by atoms with E-state index in [1.165, 1.54) is 0 Å². The Balaban J connectivity index is 1.85. The van der Waals surface area contributed by atoms with Crippen LogP contribution in [-0.2, 0) is 14.2 Å². The summed E-state index contributed by atoms with van der Waals surface area (Å²) in [6.45, 7) is 15.7. The molecule has 1 N–H and O–H groups in total. The number of nitrogens with one attached hydrogen (secondary N) is 1. The van der Waals surface area contributed by atoms with Crippen LogP contribution in [-0.4, -0.2) is 85.7 Å². The third-order valence-corrected chi connectivity index (χ3v) is 6.07. The third-order valence-electron chi connectivity index (χ3n) is 6.07. The first kappa shape index (κ1) is 26.7. The molecule has 0 aliphatic carbocycles. The number of rotatable bonds is 5. The summed E-state index contributed by atoms with van der Waals surface area (Å²) in [5.41, 5.74) is -0.946. The Labute approximate surface area is 194 Å². The number of amides is 2. The van der Waals surface area contributed by atoms with Gasteiger partial charge in [-0.1, -0.05) is 0 Å². The van der Waals surface area contributed by atoms with Gasteiger partial charge < -0.3 is 29.3 Å². The van der Waals surface area contributed by atoms with E-state index in [9.17, 15) is 9.59 Å². The van der Waals surface area contributed by atoms with Crippen LogP contribution in [0.4, 0.5) is 9.59 Å². The van der Waals surface area contributed by atoms with Crippen LogP contribution >= 0.6 is 0 Å². The molecule has 0 spiro atoms. The molecule has 186 valence electrons. The Hall–Kier alpha value is -1.54. The van der Waals surface area contributed by atoms with E-state index in [0.29, 0.717) is 32.3 Å². The van der Waals surface area contributed by atoms with Crippen molar-refractivity contribution in [1.29, 1.82) is 0 Å². The Morgan fingerprint density at radius 3 is 1.91 bits per heavy atom. The van der Waals surface area contributed by atoms with Crippen molar-refractivity contribution < 1.29 is 23.8 Å². The second-order valence-electron chi connectivity index (χ2n) is 11.4. The fraction of sp³-hybridized carbons (Fsp3) is 0.917. The predicted octanol–water partition coefficient (Wildman–Crippen LogP) is 4.03. The standard InChI is InChI=1S/C24H45N3O5/c1-22(2,3)31-20(28)26-13-8-9-19(10-14-26)25-17-24(18-30-7)11-15-27(16-12-24)21(29)32-23(4,5)6/h19,25H,8-18H2,1-7H3. The van der Waals surface area contributed by atoms with Gasteiger partial charge in [-0.15, -0.1) is 0 Å². The number of ether oxygens (including phenoxy) is 3. The highest BCUT2D eigenvalue weighted by molar-refractivity contribution is 5.68. The first-order chi connectivity index (χ1) is 14.8. The maximum atomic E-state index is 12.4. The first-order valence-corrected chi connectivity index (χ1v) is 12.0. The van der Waals surface area contributed by atoms with E-state index < -0.39 is 11.2 Å². The van der Waals surface area contributed by atoms with Gasteiger partial charge in [0.15, 0.2) is 0 Å². The van der Waals surface area contributed by atoms with Gasteiger partial charge in [-0.25, -0.2) is 9.59 Å². The molecule has 2 aliphatic heterocycles. The lowest BCUT2D eigenvalue weighted by atomic mass is 9.78. The first-order valence-electron chi connectivity index (χ1n) is 12.0. The summed E-state index contributed by atoms with van der Waals surface area (Å²) in [7, 11) is 1.74. The van der Waals surface area contributed by atoms with Crippen molar-refractivity contribution in [1.82, 2.24) is 15.1 Å². The summed E-state index contributed by atoms with van der Waals surface area (Å²) in [6, 6.07) is 0.361. The molecule has 8 nitrogen and oxygen atoms in total. The lowest BCUT2D eigenvalue weighted by Crippen LogP contribution is -2.51. The minimum absolute atomic E-state index is 0.00438. The largest absolute Gasteiger partial charge is 0.444 e. The molecular weight excluding hydrogens is 410 g/mol. The highest BCUT2D eigenvalue weighted by Gasteiger charge is 2.38. The van der Waals surface area contributed by atoms with E-state index in [4.69, 9.17) is 14.2 Å². The zero-order valence-electron chi connectivity index (χ0n) is 21.3. The summed E-state index contributed by atoms with van der Waals surface area (Å²) in [6.07, 6.45) is 4.21. The SMILES string of the molecule is COCC1(CNC2CCCN(C(=O)OC(C)(C)C)CC2)CCN(C(=O)OC(C)(C)C)CC1. The van der Waals surface area contributed by atoms with Crippen LogP contribution in [0.2, 0.25) is 0 Å². The number of carbonyl (C=O) groups excluding carboxylic acids is 2. The molecule has 0 aromatic heterocycles. The van der Waals surface area contributed by atoms with Crippen molar-refractivity contribution in [2.45, 2.75) is 90.9 Å². The number of likely N-dealkylation sites (tertiary alicyclic amines) is 2. The number of carbonyl (C=O) groups is 2. The molecule has 0 saturated carbocycles. The number of hydrogen-bond donors (Lipinski definition) is 1. The Morgan fingerprint density at radius 2 is 1.41 bits per heavy atom. The van der Waals surface area contributed by atoms with Gasteiger partial charge in [-0.05, 0) is 73.6 Å². The van der Waals surface area contributed by atoms with Gasteiger partial charge in [0.25, 0.3) is 0 Å². The summed E-state index contributed by atoms with van der Waals surface area (Å²) in [5, 5.41) is 3.75. The number of nitrogens with zero attached hydrogens (tertiary/aromatic N) is 2. The lowest BCUT2D eigenvalue weighted by molar-refractivity contribution is -0.00750. The van der Waals surface area contributed by atoms with Crippen LogP contribution in [0.25, 0.3) is 0 Å². The predicted molar refractivity (Wildman–Crippen MR) is 125 cm³/mol. The Kier molecular flexibility index (Phi) is 9.23. The molecule has 2 aliphatic rings. The van der Waals surface area contributed by atoms with Gasteiger partial charge in [-0.2, -0.15) is 0 Å². The average molecular weight is 456 g/mol. The monoisotopic (exact) mass is 455 g/mol. The van der Waals surface area contributed by atoms with Crippen molar-refractivity contribution in [2.24, 2.45) is 5.41 Å². The zero-order chi connectivity index (χ0) is 24.0. The summed E-state index contributed by atoms with van der Waals surface area (Å²) in [5.74, 6) is 0. The quantitative estimate of drug-likeness (QED) is 0.674. The molecule has 8 heteroatoms. The molecule has 2 fully saturated rings. The molecular formula is C24H45N3O5. The van der Waals surface area contributed by atoms with Crippen molar-refractivity contribution in [3.63, 3.8) is 0 Å². The fourth-order valence-corrected chi connectivity index (χ4v) is 4.34. The molecule has 0 aromatic rings. The average Bonchev–Trinajstić information content (AvgIpc) is 2.90. The van der Waals surface area contributed by atoms with Gasteiger partial charge in [-0.3, -0.25) is 0 Å². The van der Waals surface area contributed by atoms with Gasteiger partial charge in [0.2, 0.25) is 0 Å². The Morgan fingerprint density at radius 1 is 0.875 bits per heavy atom. The van der Waals surface area contributed by atoms with Crippen LogP contribution in [0.15, 0.2) is 0 Å². The van der Waals surface area contributed by atoms with E-state index in [0.717, 1.165) is 45.2 Å². The summed E-state index contributed by atoms with van der Waals surface area (Å²) >= 11 is 0. The topological polar surface area (TPSA) is 80.3 Å². The highest BCUT2D eigenvalue weighted by atomic mass is 16.6. The second-order valence-corrected chi connectivity index (χ2v) is 11.4. The van der Waals surface area contributed by atoms with E-state index in [1.54, 1.807) is 7.11 Å². The lowest BCUT2D eigenvalue weighted by Gasteiger charge is -2.42. The molecule has 0 radical (unpaired) electrons. The van der Waals surface area contributed by atoms with Gasteiger partial charge >= 0.3 is 12.2 Å². The fourth-order valence-electron chi connectivity index (χ4n) is 4.34. The summed E-state index contributed by atoms with van der Waals surface area (Å²) < 4.78 is 16.6. The molecule has 1 unspecified atom stereocenters. The second kappa shape index (κ2) is 11.1. The summed E-state index contributed by atoms with van der Waals surface area (Å²) in [4.78, 5) is 28.5. The minimum Gasteiger partial charge on any atom is -0.444 e. The van der Waals surface area contributed by atoms with Crippen LogP contribution in [0.1, 0.15) is 73.6 Å². The van der Waals surface area contributed by atoms with E-state index in [-0.39, 0.29) is 17.6 Å². The molecule has 0 bridgehead atoms. The third kappa shape index (κ3) is 8.77.